The van der Waals surface area contributed by atoms with Crippen LogP contribution < -0.4 is 15.4 Å². The number of ether oxygens (including phenoxy) is 1. The number of thioether (sulfide) groups is 1. The fraction of sp³-hybridized carbons (Fsp3) is 0.615. The maximum atomic E-state index is 5.88. The van der Waals surface area contributed by atoms with Crippen LogP contribution in [0.1, 0.15) is 20.3 Å². The minimum Gasteiger partial charge on any atom is -0.473 e. The standard InChI is InChI=1S/C13H21N3OS/c1-9(2)17-13-11(14)4-5-12(15-13)16(3)10-6-7-18-8-10/h4-5,9-10H,6-8,14H2,1-3H3. The van der Waals surface area contributed by atoms with E-state index < -0.39 is 0 Å². The minimum atomic E-state index is 0.0855. The summed E-state index contributed by atoms with van der Waals surface area (Å²) >= 11 is 2.00. The van der Waals surface area contributed by atoms with Crippen LogP contribution in [0.3, 0.4) is 0 Å². The van der Waals surface area contributed by atoms with Crippen molar-refractivity contribution < 1.29 is 4.74 Å². The molecule has 1 unspecified atom stereocenters. The fourth-order valence-corrected chi connectivity index (χ4v) is 3.24. The molecule has 1 aliphatic heterocycles. The molecule has 0 aliphatic carbocycles. The van der Waals surface area contributed by atoms with Gasteiger partial charge in [-0.15, -0.1) is 0 Å². The van der Waals surface area contributed by atoms with E-state index in [2.05, 4.69) is 16.9 Å². The molecule has 18 heavy (non-hydrogen) atoms. The SMILES string of the molecule is CC(C)Oc1nc(N(C)C2CCSC2)ccc1N. The van der Waals surface area contributed by atoms with Crippen LogP contribution in [0.5, 0.6) is 5.88 Å². The number of nitrogen functional groups attached to an aromatic ring is 1. The molecule has 5 heteroatoms. The number of nitrogens with zero attached hydrogens (tertiary/aromatic N) is 2. The molecule has 0 amide bonds. The van der Waals surface area contributed by atoms with Crippen LogP contribution in [0.2, 0.25) is 0 Å². The van der Waals surface area contributed by atoms with Gasteiger partial charge in [0, 0.05) is 18.8 Å². The summed E-state index contributed by atoms with van der Waals surface area (Å²) in [7, 11) is 2.09. The third kappa shape index (κ3) is 3.02. The third-order valence-corrected chi connectivity index (χ3v) is 4.18. The van der Waals surface area contributed by atoms with Gasteiger partial charge in [-0.2, -0.15) is 16.7 Å². The predicted octanol–water partition coefficient (Wildman–Crippen LogP) is 2.39. The molecule has 1 aromatic rings. The van der Waals surface area contributed by atoms with Gasteiger partial charge in [-0.25, -0.2) is 0 Å². The van der Waals surface area contributed by atoms with E-state index in [-0.39, 0.29) is 6.10 Å². The van der Waals surface area contributed by atoms with E-state index in [0.717, 1.165) is 5.82 Å². The van der Waals surface area contributed by atoms with Crippen molar-refractivity contribution in [3.63, 3.8) is 0 Å². The van der Waals surface area contributed by atoms with Gasteiger partial charge in [-0.05, 0) is 38.2 Å². The summed E-state index contributed by atoms with van der Waals surface area (Å²) in [6.45, 7) is 3.95. The van der Waals surface area contributed by atoms with E-state index >= 15 is 0 Å². The van der Waals surface area contributed by atoms with Crippen LogP contribution in [-0.2, 0) is 0 Å². The van der Waals surface area contributed by atoms with Crippen molar-refractivity contribution in [1.82, 2.24) is 4.98 Å². The molecule has 0 radical (unpaired) electrons. The molecule has 4 nitrogen and oxygen atoms in total. The molecular weight excluding hydrogens is 246 g/mol. The molecule has 1 saturated heterocycles. The van der Waals surface area contributed by atoms with E-state index in [1.807, 2.05) is 37.7 Å². The van der Waals surface area contributed by atoms with Crippen LogP contribution in [0.25, 0.3) is 0 Å². The second-order valence-electron chi connectivity index (χ2n) is 4.86. The molecule has 100 valence electrons. The summed E-state index contributed by atoms with van der Waals surface area (Å²) < 4.78 is 5.63. The van der Waals surface area contributed by atoms with Gasteiger partial charge in [0.25, 0.3) is 0 Å². The van der Waals surface area contributed by atoms with Gasteiger partial charge < -0.3 is 15.4 Å². The molecule has 1 atom stereocenters. The topological polar surface area (TPSA) is 51.4 Å². The van der Waals surface area contributed by atoms with E-state index in [0.29, 0.717) is 17.6 Å². The Labute approximate surface area is 113 Å². The molecule has 2 N–H and O–H groups in total. The van der Waals surface area contributed by atoms with E-state index in [4.69, 9.17) is 10.5 Å². The van der Waals surface area contributed by atoms with Crippen LogP contribution in [-0.4, -0.2) is 35.7 Å². The number of hydrogen-bond donors (Lipinski definition) is 1. The van der Waals surface area contributed by atoms with E-state index in [9.17, 15) is 0 Å². The molecule has 0 aromatic carbocycles. The number of pyridine rings is 1. The first-order valence-corrected chi connectivity index (χ1v) is 7.47. The second-order valence-corrected chi connectivity index (χ2v) is 6.01. The summed E-state index contributed by atoms with van der Waals surface area (Å²) in [6, 6.07) is 4.41. The van der Waals surface area contributed by atoms with Gasteiger partial charge in [0.1, 0.15) is 5.82 Å². The van der Waals surface area contributed by atoms with Crippen molar-refractivity contribution in [3.05, 3.63) is 12.1 Å². The van der Waals surface area contributed by atoms with Crippen molar-refractivity contribution in [1.29, 1.82) is 0 Å². The molecule has 1 aliphatic rings. The van der Waals surface area contributed by atoms with Gasteiger partial charge in [0.2, 0.25) is 5.88 Å². The smallest absolute Gasteiger partial charge is 0.239 e. The van der Waals surface area contributed by atoms with Gasteiger partial charge in [0.05, 0.1) is 11.8 Å². The molecule has 0 saturated carbocycles. The van der Waals surface area contributed by atoms with E-state index in [1.165, 1.54) is 17.9 Å². The van der Waals surface area contributed by atoms with Crippen molar-refractivity contribution in [3.8, 4) is 5.88 Å². The highest BCUT2D eigenvalue weighted by Crippen LogP contribution is 2.28. The van der Waals surface area contributed by atoms with Gasteiger partial charge in [0.15, 0.2) is 0 Å². The highest BCUT2D eigenvalue weighted by atomic mass is 32.2. The van der Waals surface area contributed by atoms with Gasteiger partial charge >= 0.3 is 0 Å². The van der Waals surface area contributed by atoms with Crippen molar-refractivity contribution in [2.75, 3.05) is 29.2 Å². The number of nitrogens with two attached hydrogens (primary N) is 1. The second kappa shape index (κ2) is 5.69. The summed E-state index contributed by atoms with van der Waals surface area (Å²) in [4.78, 5) is 6.76. The van der Waals surface area contributed by atoms with Crippen molar-refractivity contribution in [2.45, 2.75) is 32.4 Å². The van der Waals surface area contributed by atoms with Crippen molar-refractivity contribution in [2.24, 2.45) is 0 Å². The number of anilines is 2. The normalized spacial score (nSPS) is 19.2. The first-order valence-electron chi connectivity index (χ1n) is 6.31. The Balaban J connectivity index is 2.17. The average Bonchev–Trinajstić information content (AvgIpc) is 2.84. The number of rotatable bonds is 4. The molecule has 0 bridgehead atoms. The summed E-state index contributed by atoms with van der Waals surface area (Å²) in [5.41, 5.74) is 6.48. The zero-order valence-corrected chi connectivity index (χ0v) is 12.0. The molecule has 2 heterocycles. The lowest BCUT2D eigenvalue weighted by molar-refractivity contribution is 0.234. The fourth-order valence-electron chi connectivity index (χ4n) is 1.97. The largest absolute Gasteiger partial charge is 0.473 e. The zero-order chi connectivity index (χ0) is 13.1. The van der Waals surface area contributed by atoms with Crippen LogP contribution >= 0.6 is 11.8 Å². The molecule has 1 aromatic heterocycles. The van der Waals surface area contributed by atoms with Crippen LogP contribution in [0, 0.1) is 0 Å². The predicted molar refractivity (Wildman–Crippen MR) is 78.5 cm³/mol. The lowest BCUT2D eigenvalue weighted by Crippen LogP contribution is -2.32. The highest BCUT2D eigenvalue weighted by Gasteiger charge is 2.21. The summed E-state index contributed by atoms with van der Waals surface area (Å²) in [5, 5.41) is 0. The highest BCUT2D eigenvalue weighted by molar-refractivity contribution is 7.99. The lowest BCUT2D eigenvalue weighted by Gasteiger charge is -2.25. The Bertz CT molecular complexity index is 405. The first kappa shape index (κ1) is 13.3. The molecule has 2 rings (SSSR count). The number of aromatic nitrogens is 1. The Morgan fingerprint density at radius 1 is 1.50 bits per heavy atom. The Hall–Kier alpha value is -1.10. The molecule has 1 fully saturated rings. The maximum absolute atomic E-state index is 5.88. The van der Waals surface area contributed by atoms with Crippen LogP contribution in [0.15, 0.2) is 12.1 Å². The van der Waals surface area contributed by atoms with E-state index in [1.54, 1.807) is 0 Å². The summed E-state index contributed by atoms with van der Waals surface area (Å²) in [5.74, 6) is 3.88. The van der Waals surface area contributed by atoms with Gasteiger partial charge in [-0.1, -0.05) is 0 Å². The Kier molecular flexibility index (Phi) is 4.22. The quantitative estimate of drug-likeness (QED) is 0.908. The maximum Gasteiger partial charge on any atom is 0.239 e. The Morgan fingerprint density at radius 2 is 2.28 bits per heavy atom. The first-order chi connectivity index (χ1) is 8.58. The van der Waals surface area contributed by atoms with Gasteiger partial charge in [-0.3, -0.25) is 0 Å². The number of hydrogen-bond acceptors (Lipinski definition) is 5. The lowest BCUT2D eigenvalue weighted by atomic mass is 10.2. The zero-order valence-electron chi connectivity index (χ0n) is 11.2. The molecular formula is C13H21N3OS. The van der Waals surface area contributed by atoms with Crippen molar-refractivity contribution >= 4 is 23.3 Å². The monoisotopic (exact) mass is 267 g/mol. The van der Waals surface area contributed by atoms with Crippen LogP contribution in [0.4, 0.5) is 11.5 Å². The Morgan fingerprint density at radius 3 is 2.89 bits per heavy atom. The minimum absolute atomic E-state index is 0.0855. The summed E-state index contributed by atoms with van der Waals surface area (Å²) in [6.07, 6.45) is 1.30. The molecule has 0 spiro atoms. The third-order valence-electron chi connectivity index (χ3n) is 3.04. The average molecular weight is 267 g/mol.